The van der Waals surface area contributed by atoms with Gasteiger partial charge < -0.3 is 14.6 Å². The van der Waals surface area contributed by atoms with Crippen molar-refractivity contribution in [3.63, 3.8) is 0 Å². The molecule has 0 aliphatic carbocycles. The highest BCUT2D eigenvalue weighted by atomic mass is 35.5. The Kier molecular flexibility index (Phi) is 7.97. The summed E-state index contributed by atoms with van der Waals surface area (Å²) in [6.45, 7) is 7.83. The number of unbranched alkanes of at least 4 members (excludes halogenated alkanes) is 2. The molecule has 2 aromatic carbocycles. The summed E-state index contributed by atoms with van der Waals surface area (Å²) in [5, 5.41) is 3.72. The van der Waals surface area contributed by atoms with Crippen molar-refractivity contribution in [3.8, 4) is 5.75 Å². The fourth-order valence-electron chi connectivity index (χ4n) is 3.40. The molecule has 166 valence electrons. The van der Waals surface area contributed by atoms with Crippen LogP contribution in [0.1, 0.15) is 45.9 Å². The Labute approximate surface area is 189 Å². The van der Waals surface area contributed by atoms with Crippen LogP contribution in [-0.4, -0.2) is 28.6 Å². The van der Waals surface area contributed by atoms with Gasteiger partial charge in [-0.05, 0) is 49.2 Å². The van der Waals surface area contributed by atoms with Crippen LogP contribution in [-0.2, 0) is 17.8 Å². The summed E-state index contributed by atoms with van der Waals surface area (Å²) in [7, 11) is 0. The quantitative estimate of drug-likeness (QED) is 0.414. The molecule has 3 rings (SSSR count). The Morgan fingerprint density at radius 1 is 1.06 bits per heavy atom. The summed E-state index contributed by atoms with van der Waals surface area (Å²) >= 11 is 5.94. The fourth-order valence-corrected chi connectivity index (χ4v) is 3.53. The summed E-state index contributed by atoms with van der Waals surface area (Å²) in [5.41, 5.74) is 1.81. The molecule has 0 bridgehead atoms. The molecule has 1 heterocycles. The van der Waals surface area contributed by atoms with Crippen molar-refractivity contribution in [3.05, 3.63) is 59.4 Å². The van der Waals surface area contributed by atoms with E-state index in [9.17, 15) is 4.79 Å². The molecule has 5 nitrogen and oxygen atoms in total. The van der Waals surface area contributed by atoms with Gasteiger partial charge in [0, 0.05) is 23.4 Å². The average Bonchev–Trinajstić information content (AvgIpc) is 3.08. The van der Waals surface area contributed by atoms with Crippen LogP contribution in [0.4, 0.5) is 0 Å². The average molecular weight is 442 g/mol. The van der Waals surface area contributed by atoms with Crippen molar-refractivity contribution in [1.29, 1.82) is 0 Å². The first-order chi connectivity index (χ1) is 14.8. The minimum absolute atomic E-state index is 0.106. The van der Waals surface area contributed by atoms with Gasteiger partial charge in [0.05, 0.1) is 17.6 Å². The normalized spacial score (nSPS) is 11.6. The maximum absolute atomic E-state index is 11.9. The lowest BCUT2D eigenvalue weighted by Crippen LogP contribution is -2.35. The third-order valence-corrected chi connectivity index (χ3v) is 5.43. The summed E-state index contributed by atoms with van der Waals surface area (Å²) in [4.78, 5) is 16.8. The Morgan fingerprint density at radius 2 is 1.81 bits per heavy atom. The van der Waals surface area contributed by atoms with Crippen molar-refractivity contribution in [2.24, 2.45) is 5.41 Å². The van der Waals surface area contributed by atoms with E-state index in [-0.39, 0.29) is 11.3 Å². The van der Waals surface area contributed by atoms with Gasteiger partial charge in [0.2, 0.25) is 5.91 Å². The highest BCUT2D eigenvalue weighted by molar-refractivity contribution is 6.30. The van der Waals surface area contributed by atoms with Crippen LogP contribution in [0.2, 0.25) is 5.02 Å². The van der Waals surface area contributed by atoms with E-state index in [0.29, 0.717) is 11.6 Å². The topological polar surface area (TPSA) is 56.2 Å². The first-order valence-electron chi connectivity index (χ1n) is 11.0. The first-order valence-corrected chi connectivity index (χ1v) is 11.3. The maximum atomic E-state index is 11.9. The monoisotopic (exact) mass is 441 g/mol. The molecule has 6 heteroatoms. The molecule has 31 heavy (non-hydrogen) atoms. The van der Waals surface area contributed by atoms with Crippen molar-refractivity contribution in [2.45, 2.75) is 53.0 Å². The van der Waals surface area contributed by atoms with E-state index in [1.54, 1.807) is 0 Å². The molecule has 0 saturated carbocycles. The molecule has 1 amide bonds. The van der Waals surface area contributed by atoms with E-state index in [4.69, 9.17) is 21.3 Å². The molecule has 0 fully saturated rings. The molecule has 0 spiro atoms. The van der Waals surface area contributed by atoms with E-state index in [1.807, 2.05) is 57.2 Å². The number of nitrogens with one attached hydrogen (secondary N) is 1. The number of nitrogens with zero attached hydrogens (tertiary/aromatic N) is 2. The van der Waals surface area contributed by atoms with Crippen LogP contribution in [0.15, 0.2) is 48.5 Å². The van der Waals surface area contributed by atoms with Crippen LogP contribution in [0, 0.1) is 5.41 Å². The van der Waals surface area contributed by atoms with Crippen LogP contribution in [0.5, 0.6) is 5.75 Å². The lowest BCUT2D eigenvalue weighted by atomic mass is 9.96. The van der Waals surface area contributed by atoms with Gasteiger partial charge in [-0.1, -0.05) is 50.9 Å². The number of aromatic nitrogens is 2. The molecule has 0 saturated heterocycles. The molecular formula is C25H32ClN3O2. The first kappa shape index (κ1) is 23.1. The summed E-state index contributed by atoms with van der Waals surface area (Å²) < 4.78 is 8.15. The number of carbonyl (C=O) groups is 1. The molecule has 1 N–H and O–H groups in total. The SMILES string of the molecule is CC(C)(C)C(=O)NCCCCCc1nc2ccccc2n1CCOc1ccc(Cl)cc1. The molecule has 0 unspecified atom stereocenters. The van der Waals surface area contributed by atoms with Crippen molar-refractivity contribution < 1.29 is 9.53 Å². The number of hydrogen-bond acceptors (Lipinski definition) is 3. The van der Waals surface area contributed by atoms with Crippen LogP contribution in [0.3, 0.4) is 0 Å². The lowest BCUT2D eigenvalue weighted by molar-refractivity contribution is -0.128. The zero-order valence-corrected chi connectivity index (χ0v) is 19.4. The van der Waals surface area contributed by atoms with Crippen LogP contribution >= 0.6 is 11.6 Å². The van der Waals surface area contributed by atoms with Crippen molar-refractivity contribution in [1.82, 2.24) is 14.9 Å². The second-order valence-corrected chi connectivity index (χ2v) is 9.22. The number of ether oxygens (including phenoxy) is 1. The van der Waals surface area contributed by atoms with Gasteiger partial charge in [0.1, 0.15) is 18.2 Å². The largest absolute Gasteiger partial charge is 0.492 e. The van der Waals surface area contributed by atoms with Gasteiger partial charge in [0.25, 0.3) is 0 Å². The van der Waals surface area contributed by atoms with Gasteiger partial charge in [0.15, 0.2) is 0 Å². The van der Waals surface area contributed by atoms with Crippen molar-refractivity contribution >= 4 is 28.5 Å². The zero-order valence-electron chi connectivity index (χ0n) is 18.7. The number of carbonyl (C=O) groups excluding carboxylic acids is 1. The van der Waals surface area contributed by atoms with Gasteiger partial charge in [-0.15, -0.1) is 0 Å². The molecule has 1 aromatic heterocycles. The minimum Gasteiger partial charge on any atom is -0.492 e. The molecule has 0 aliphatic heterocycles. The molecule has 0 atom stereocenters. The van der Waals surface area contributed by atoms with E-state index < -0.39 is 0 Å². The molecule has 0 radical (unpaired) electrons. The van der Waals surface area contributed by atoms with E-state index in [2.05, 4.69) is 22.0 Å². The minimum atomic E-state index is -0.334. The number of amides is 1. The number of rotatable bonds is 10. The molecule has 3 aromatic rings. The Morgan fingerprint density at radius 3 is 2.55 bits per heavy atom. The number of benzene rings is 2. The molecule has 0 aliphatic rings. The van der Waals surface area contributed by atoms with Crippen molar-refractivity contribution in [2.75, 3.05) is 13.2 Å². The highest BCUT2D eigenvalue weighted by Gasteiger charge is 2.20. The van der Waals surface area contributed by atoms with Gasteiger partial charge in [-0.25, -0.2) is 4.98 Å². The van der Waals surface area contributed by atoms with Gasteiger partial charge >= 0.3 is 0 Å². The standard InChI is InChI=1S/C25H32ClN3O2/c1-25(2,3)24(30)27-16-8-4-5-11-23-28-21-9-6-7-10-22(21)29(23)17-18-31-20-14-12-19(26)13-15-20/h6-7,9-10,12-15H,4-5,8,11,16-18H2,1-3H3,(H,27,30). The molecular weight excluding hydrogens is 410 g/mol. The van der Waals surface area contributed by atoms with E-state index >= 15 is 0 Å². The Hall–Kier alpha value is -2.53. The fraction of sp³-hybridized carbons (Fsp3) is 0.440. The summed E-state index contributed by atoms with van der Waals surface area (Å²) in [6.07, 6.45) is 3.96. The van der Waals surface area contributed by atoms with E-state index in [0.717, 1.165) is 61.4 Å². The zero-order chi connectivity index (χ0) is 22.3. The van der Waals surface area contributed by atoms with Gasteiger partial charge in [-0.3, -0.25) is 4.79 Å². The van der Waals surface area contributed by atoms with E-state index in [1.165, 1.54) is 0 Å². The Balaban J connectivity index is 1.52. The number of fused-ring (bicyclic) bond motifs is 1. The smallest absolute Gasteiger partial charge is 0.225 e. The predicted octanol–water partition coefficient (Wildman–Crippen LogP) is 5.64. The summed E-state index contributed by atoms with van der Waals surface area (Å²) in [5.74, 6) is 2.00. The third kappa shape index (κ3) is 6.73. The number of para-hydroxylation sites is 2. The number of imidazole rings is 1. The third-order valence-electron chi connectivity index (χ3n) is 5.17. The predicted molar refractivity (Wildman–Crippen MR) is 127 cm³/mol. The van der Waals surface area contributed by atoms with Crippen LogP contribution in [0.25, 0.3) is 11.0 Å². The second-order valence-electron chi connectivity index (χ2n) is 8.79. The highest BCUT2D eigenvalue weighted by Crippen LogP contribution is 2.19. The number of halogens is 1. The maximum Gasteiger partial charge on any atom is 0.225 e. The van der Waals surface area contributed by atoms with Crippen LogP contribution < -0.4 is 10.1 Å². The van der Waals surface area contributed by atoms with Gasteiger partial charge in [-0.2, -0.15) is 0 Å². The number of hydrogen-bond donors (Lipinski definition) is 1. The summed E-state index contributed by atoms with van der Waals surface area (Å²) in [6, 6.07) is 15.7. The number of aryl methyl sites for hydroxylation is 1. The second kappa shape index (κ2) is 10.7. The lowest BCUT2D eigenvalue weighted by Gasteiger charge is -2.17. The Bertz CT molecular complexity index is 990.